The number of aromatic nitrogens is 2. The smallest absolute Gasteiger partial charge is 0.261 e. The molecule has 1 aliphatic heterocycles. The number of ether oxygens (including phenoxy) is 1. The molecule has 4 rings (SSSR count). The number of rotatable bonds is 6. The molecular formula is C21H19ClN4O3S. The molecule has 9 heteroatoms. The van der Waals surface area contributed by atoms with Crippen LogP contribution in [0.4, 0.5) is 10.8 Å². The van der Waals surface area contributed by atoms with Gasteiger partial charge in [-0.05, 0) is 43.3 Å². The van der Waals surface area contributed by atoms with Crippen molar-refractivity contribution in [2.24, 2.45) is 0 Å². The first-order chi connectivity index (χ1) is 14.5. The average Bonchev–Trinajstić information content (AvgIpc) is 3.36. The van der Waals surface area contributed by atoms with E-state index in [2.05, 4.69) is 15.5 Å². The molecule has 0 spiro atoms. The van der Waals surface area contributed by atoms with Crippen LogP contribution in [-0.4, -0.2) is 35.2 Å². The highest BCUT2D eigenvalue weighted by atomic mass is 35.5. The third kappa shape index (κ3) is 4.29. The van der Waals surface area contributed by atoms with Crippen LogP contribution in [0.1, 0.15) is 34.6 Å². The molecule has 0 radical (unpaired) electrons. The number of hydrogen-bond acceptors (Lipinski definition) is 6. The fourth-order valence-electron chi connectivity index (χ4n) is 3.29. The van der Waals surface area contributed by atoms with Gasteiger partial charge in [-0.3, -0.25) is 14.9 Å². The molecule has 0 aliphatic carbocycles. The van der Waals surface area contributed by atoms with Crippen LogP contribution in [0.3, 0.4) is 0 Å². The first-order valence-electron chi connectivity index (χ1n) is 9.47. The minimum Gasteiger partial charge on any atom is -0.493 e. The fraction of sp³-hybridized carbons (Fsp3) is 0.238. The number of halogens is 1. The molecule has 2 aromatic carbocycles. The van der Waals surface area contributed by atoms with Gasteiger partial charge in [-0.1, -0.05) is 35.1 Å². The van der Waals surface area contributed by atoms with Crippen LogP contribution in [0.25, 0.3) is 0 Å². The number of nitrogens with zero attached hydrogens (tertiary/aromatic N) is 3. The van der Waals surface area contributed by atoms with Crippen molar-refractivity contribution in [3.8, 4) is 5.75 Å². The van der Waals surface area contributed by atoms with E-state index >= 15 is 0 Å². The molecule has 0 bridgehead atoms. The van der Waals surface area contributed by atoms with Gasteiger partial charge in [-0.25, -0.2) is 0 Å². The van der Waals surface area contributed by atoms with E-state index in [4.69, 9.17) is 16.3 Å². The highest BCUT2D eigenvalue weighted by Gasteiger charge is 2.34. The number of carbonyl (C=O) groups excluding carboxylic acids is 2. The average molecular weight is 443 g/mol. The standard InChI is InChI=1S/C21H19ClN4O3S/c1-2-29-17-6-4-3-5-16(17)19(28)23-21-25-24-20(30-21)13-11-18(27)26(12-13)15-9-7-14(22)8-10-15/h3-10,13H,2,11-12H2,1H3,(H,23,25,28). The van der Waals surface area contributed by atoms with E-state index in [-0.39, 0.29) is 17.7 Å². The molecule has 3 aromatic rings. The molecule has 1 aliphatic rings. The summed E-state index contributed by atoms with van der Waals surface area (Å²) < 4.78 is 5.51. The zero-order valence-corrected chi connectivity index (χ0v) is 17.7. The number of benzene rings is 2. The van der Waals surface area contributed by atoms with Gasteiger partial charge in [0, 0.05) is 29.6 Å². The lowest BCUT2D eigenvalue weighted by Crippen LogP contribution is -2.24. The molecule has 154 valence electrons. The highest BCUT2D eigenvalue weighted by Crippen LogP contribution is 2.34. The van der Waals surface area contributed by atoms with Crippen LogP contribution < -0.4 is 15.0 Å². The number of anilines is 2. The zero-order valence-electron chi connectivity index (χ0n) is 16.2. The van der Waals surface area contributed by atoms with Gasteiger partial charge >= 0.3 is 0 Å². The minimum atomic E-state index is -0.313. The summed E-state index contributed by atoms with van der Waals surface area (Å²) in [5.74, 6) is 0.148. The quantitative estimate of drug-likeness (QED) is 0.613. The Kier molecular flexibility index (Phi) is 5.96. The molecule has 0 saturated carbocycles. The lowest BCUT2D eigenvalue weighted by molar-refractivity contribution is -0.117. The number of nitrogens with one attached hydrogen (secondary N) is 1. The van der Waals surface area contributed by atoms with Gasteiger partial charge in [0.25, 0.3) is 5.91 Å². The summed E-state index contributed by atoms with van der Waals surface area (Å²) in [7, 11) is 0. The fourth-order valence-corrected chi connectivity index (χ4v) is 4.25. The van der Waals surface area contributed by atoms with E-state index < -0.39 is 0 Å². The van der Waals surface area contributed by atoms with Gasteiger partial charge in [0.15, 0.2) is 0 Å². The maximum absolute atomic E-state index is 12.6. The van der Waals surface area contributed by atoms with Crippen LogP contribution in [0.15, 0.2) is 48.5 Å². The van der Waals surface area contributed by atoms with Gasteiger partial charge < -0.3 is 9.64 Å². The van der Waals surface area contributed by atoms with Crippen molar-refractivity contribution < 1.29 is 14.3 Å². The second-order valence-corrected chi connectivity index (χ2v) is 8.16. The van der Waals surface area contributed by atoms with Crippen LogP contribution in [0, 0.1) is 0 Å². The zero-order chi connectivity index (χ0) is 21.1. The third-order valence-electron chi connectivity index (χ3n) is 4.71. The Labute approximate surface area is 182 Å². The van der Waals surface area contributed by atoms with Crippen LogP contribution >= 0.6 is 22.9 Å². The predicted octanol–water partition coefficient (Wildman–Crippen LogP) is 4.36. The molecular weight excluding hydrogens is 424 g/mol. The molecule has 1 unspecified atom stereocenters. The summed E-state index contributed by atoms with van der Waals surface area (Å²) in [5, 5.41) is 12.8. The van der Waals surface area contributed by atoms with Crippen LogP contribution in [-0.2, 0) is 4.79 Å². The van der Waals surface area contributed by atoms with E-state index in [0.29, 0.717) is 46.0 Å². The van der Waals surface area contributed by atoms with Gasteiger partial charge in [-0.15, -0.1) is 10.2 Å². The van der Waals surface area contributed by atoms with E-state index in [0.717, 1.165) is 5.69 Å². The molecule has 2 amide bonds. The summed E-state index contributed by atoms with van der Waals surface area (Å²) in [6, 6.07) is 14.2. The van der Waals surface area contributed by atoms with E-state index in [1.54, 1.807) is 35.2 Å². The third-order valence-corrected chi connectivity index (χ3v) is 5.96. The summed E-state index contributed by atoms with van der Waals surface area (Å²) in [6.07, 6.45) is 0.346. The molecule has 2 heterocycles. The second kappa shape index (κ2) is 8.81. The maximum atomic E-state index is 12.6. The number of hydrogen-bond donors (Lipinski definition) is 1. The number of para-hydroxylation sites is 1. The Morgan fingerprint density at radius 1 is 1.23 bits per heavy atom. The SMILES string of the molecule is CCOc1ccccc1C(=O)Nc1nnc(C2CC(=O)N(c3ccc(Cl)cc3)C2)s1. The van der Waals surface area contributed by atoms with E-state index in [1.165, 1.54) is 11.3 Å². The Morgan fingerprint density at radius 3 is 2.77 bits per heavy atom. The van der Waals surface area contributed by atoms with Gasteiger partial charge in [0.1, 0.15) is 10.8 Å². The van der Waals surface area contributed by atoms with E-state index in [9.17, 15) is 9.59 Å². The van der Waals surface area contributed by atoms with Gasteiger partial charge in [-0.2, -0.15) is 0 Å². The summed E-state index contributed by atoms with van der Waals surface area (Å²) in [4.78, 5) is 26.8. The van der Waals surface area contributed by atoms with Gasteiger partial charge in [0.05, 0.1) is 12.2 Å². The highest BCUT2D eigenvalue weighted by molar-refractivity contribution is 7.15. The molecule has 7 nitrogen and oxygen atoms in total. The lowest BCUT2D eigenvalue weighted by Gasteiger charge is -2.16. The monoisotopic (exact) mass is 442 g/mol. The molecule has 1 N–H and O–H groups in total. The Morgan fingerprint density at radius 2 is 2.00 bits per heavy atom. The normalized spacial score (nSPS) is 16.0. The van der Waals surface area contributed by atoms with Crippen LogP contribution in [0.2, 0.25) is 5.02 Å². The summed E-state index contributed by atoms with van der Waals surface area (Å²) in [5.41, 5.74) is 1.23. The molecule has 30 heavy (non-hydrogen) atoms. The largest absolute Gasteiger partial charge is 0.493 e. The van der Waals surface area contributed by atoms with Crippen molar-refractivity contribution in [2.45, 2.75) is 19.3 Å². The maximum Gasteiger partial charge on any atom is 0.261 e. The summed E-state index contributed by atoms with van der Waals surface area (Å²) in [6.45, 7) is 2.84. The van der Waals surface area contributed by atoms with Crippen molar-refractivity contribution in [2.75, 3.05) is 23.4 Å². The molecule has 1 atom stereocenters. The lowest BCUT2D eigenvalue weighted by atomic mass is 10.1. The number of amides is 2. The second-order valence-electron chi connectivity index (χ2n) is 6.71. The van der Waals surface area contributed by atoms with E-state index in [1.807, 2.05) is 25.1 Å². The number of carbonyl (C=O) groups is 2. The first-order valence-corrected chi connectivity index (χ1v) is 10.7. The molecule has 1 saturated heterocycles. The Bertz CT molecular complexity index is 1070. The first kappa shape index (κ1) is 20.3. The van der Waals surface area contributed by atoms with Crippen LogP contribution in [0.5, 0.6) is 5.75 Å². The van der Waals surface area contributed by atoms with Crippen molar-refractivity contribution in [3.05, 3.63) is 64.1 Å². The molecule has 1 fully saturated rings. The summed E-state index contributed by atoms with van der Waals surface area (Å²) >= 11 is 7.21. The topological polar surface area (TPSA) is 84.4 Å². The van der Waals surface area contributed by atoms with Crippen molar-refractivity contribution >= 4 is 45.6 Å². The van der Waals surface area contributed by atoms with Crippen molar-refractivity contribution in [1.82, 2.24) is 10.2 Å². The van der Waals surface area contributed by atoms with Gasteiger partial charge in [0.2, 0.25) is 11.0 Å². The van der Waals surface area contributed by atoms with Crippen molar-refractivity contribution in [1.29, 1.82) is 0 Å². The predicted molar refractivity (Wildman–Crippen MR) is 117 cm³/mol. The van der Waals surface area contributed by atoms with Crippen molar-refractivity contribution in [3.63, 3.8) is 0 Å². The molecule has 1 aromatic heterocycles. The minimum absolute atomic E-state index is 0.0220. The Hall–Kier alpha value is -2.97. The Balaban J connectivity index is 1.45.